The molecule has 6 heteroatoms. The van der Waals surface area contributed by atoms with Crippen LogP contribution >= 0.6 is 12.6 Å². The van der Waals surface area contributed by atoms with Crippen LogP contribution in [0.15, 0.2) is 41.3 Å². The molecule has 0 aliphatic rings. The Bertz CT molecular complexity index is 617. The molecule has 0 heterocycles. The molecular weight excluding hydrogens is 278 g/mol. The van der Waals surface area contributed by atoms with Crippen LogP contribution in [0.3, 0.4) is 0 Å². The quantitative estimate of drug-likeness (QED) is 0.596. The van der Waals surface area contributed by atoms with Crippen molar-refractivity contribution in [2.45, 2.75) is 4.90 Å². The molecule has 3 N–H and O–H groups in total. The van der Waals surface area contributed by atoms with Gasteiger partial charge in [0.25, 0.3) is 0 Å². The zero-order valence-electron chi connectivity index (χ0n) is 10.7. The summed E-state index contributed by atoms with van der Waals surface area (Å²) in [5.41, 5.74) is 6.08. The van der Waals surface area contributed by atoms with Crippen LogP contribution in [0, 0.1) is 0 Å². The number of thiol groups is 1. The first kappa shape index (κ1) is 14.1. The van der Waals surface area contributed by atoms with E-state index in [0.717, 1.165) is 0 Å². The van der Waals surface area contributed by atoms with E-state index < -0.39 is 5.97 Å². The minimum atomic E-state index is -1.07. The monoisotopic (exact) mass is 291 g/mol. The van der Waals surface area contributed by atoms with Gasteiger partial charge in [0.2, 0.25) is 0 Å². The van der Waals surface area contributed by atoms with E-state index in [2.05, 4.69) is 12.6 Å². The minimum absolute atomic E-state index is 0.0644. The summed E-state index contributed by atoms with van der Waals surface area (Å²) in [4.78, 5) is 11.3. The average Bonchev–Trinajstić information content (AvgIpc) is 2.43. The van der Waals surface area contributed by atoms with E-state index in [-0.39, 0.29) is 11.3 Å². The Morgan fingerprint density at radius 1 is 1.20 bits per heavy atom. The van der Waals surface area contributed by atoms with Gasteiger partial charge < -0.3 is 20.3 Å². The molecule has 0 aliphatic heterocycles. The number of carboxylic acids is 1. The molecule has 0 fully saturated rings. The first-order valence-corrected chi connectivity index (χ1v) is 6.13. The van der Waals surface area contributed by atoms with Crippen LogP contribution in [-0.2, 0) is 0 Å². The van der Waals surface area contributed by atoms with Gasteiger partial charge in [0.1, 0.15) is 11.5 Å². The summed E-state index contributed by atoms with van der Waals surface area (Å²) in [6.07, 6.45) is 0. The molecule has 0 atom stereocenters. The maximum Gasteiger partial charge on any atom is 0.335 e. The van der Waals surface area contributed by atoms with Gasteiger partial charge in [0, 0.05) is 4.90 Å². The smallest absolute Gasteiger partial charge is 0.335 e. The highest BCUT2D eigenvalue weighted by Crippen LogP contribution is 2.35. The van der Waals surface area contributed by atoms with Gasteiger partial charge in [0.15, 0.2) is 5.75 Å². The summed E-state index contributed by atoms with van der Waals surface area (Å²) in [5.74, 6) is 0.514. The number of nitrogen functional groups attached to an aromatic ring is 1. The van der Waals surface area contributed by atoms with Crippen molar-refractivity contribution in [3.05, 3.63) is 42.0 Å². The Balaban J connectivity index is 2.30. The van der Waals surface area contributed by atoms with Crippen molar-refractivity contribution in [1.29, 1.82) is 0 Å². The number of hydrogen-bond donors (Lipinski definition) is 3. The number of hydrogen-bond acceptors (Lipinski definition) is 5. The van der Waals surface area contributed by atoms with E-state index in [1.165, 1.54) is 12.1 Å². The predicted molar refractivity (Wildman–Crippen MR) is 78.1 cm³/mol. The molecule has 0 radical (unpaired) electrons. The number of rotatable bonds is 4. The van der Waals surface area contributed by atoms with E-state index >= 15 is 0 Å². The lowest BCUT2D eigenvalue weighted by Crippen LogP contribution is -2.00. The van der Waals surface area contributed by atoms with Crippen molar-refractivity contribution in [3.8, 4) is 17.2 Å². The van der Waals surface area contributed by atoms with E-state index in [0.29, 0.717) is 22.1 Å². The molecule has 0 bridgehead atoms. The van der Waals surface area contributed by atoms with Crippen LogP contribution in [0.4, 0.5) is 5.69 Å². The topological polar surface area (TPSA) is 81.8 Å². The fourth-order valence-electron chi connectivity index (χ4n) is 1.63. The number of methoxy groups -OCH3 is 1. The molecule has 0 unspecified atom stereocenters. The minimum Gasteiger partial charge on any atom is -0.497 e. The number of aromatic carboxylic acids is 1. The average molecular weight is 291 g/mol. The molecule has 0 saturated carbocycles. The lowest BCUT2D eigenvalue weighted by molar-refractivity contribution is 0.0696. The molecule has 2 rings (SSSR count). The Morgan fingerprint density at radius 3 is 2.30 bits per heavy atom. The normalized spacial score (nSPS) is 10.1. The molecule has 104 valence electrons. The SMILES string of the molecule is COc1ccc(Oc2c(N)cc(C(=O)O)cc2S)cc1. The Morgan fingerprint density at radius 2 is 1.80 bits per heavy atom. The van der Waals surface area contributed by atoms with Crippen LogP contribution in [0.2, 0.25) is 0 Å². The standard InChI is InChI=1S/C14H13NO4S/c1-18-9-2-4-10(5-3-9)19-13-11(15)6-8(14(16)17)7-12(13)20/h2-7,20H,15H2,1H3,(H,16,17). The van der Waals surface area contributed by atoms with Gasteiger partial charge in [-0.1, -0.05) is 0 Å². The van der Waals surface area contributed by atoms with Gasteiger partial charge in [-0.25, -0.2) is 4.79 Å². The largest absolute Gasteiger partial charge is 0.497 e. The fraction of sp³-hybridized carbons (Fsp3) is 0.0714. The lowest BCUT2D eigenvalue weighted by Gasteiger charge is -2.12. The Labute approximate surface area is 121 Å². The van der Waals surface area contributed by atoms with Gasteiger partial charge >= 0.3 is 5.97 Å². The van der Waals surface area contributed by atoms with Crippen molar-refractivity contribution in [2.24, 2.45) is 0 Å². The van der Waals surface area contributed by atoms with Gasteiger partial charge in [-0.3, -0.25) is 0 Å². The van der Waals surface area contributed by atoms with Crippen LogP contribution in [-0.4, -0.2) is 18.2 Å². The molecule has 0 aliphatic carbocycles. The maximum atomic E-state index is 10.9. The first-order valence-electron chi connectivity index (χ1n) is 5.69. The van der Waals surface area contributed by atoms with E-state index in [1.807, 2.05) is 0 Å². The third-order valence-electron chi connectivity index (χ3n) is 2.62. The summed E-state index contributed by atoms with van der Waals surface area (Å²) < 4.78 is 10.7. The van der Waals surface area contributed by atoms with Crippen molar-refractivity contribution < 1.29 is 19.4 Å². The second-order valence-electron chi connectivity index (χ2n) is 4.00. The van der Waals surface area contributed by atoms with Crippen LogP contribution in [0.25, 0.3) is 0 Å². The number of ether oxygens (including phenoxy) is 2. The molecule has 0 saturated heterocycles. The lowest BCUT2D eigenvalue weighted by atomic mass is 10.2. The van der Waals surface area contributed by atoms with Gasteiger partial charge in [0.05, 0.1) is 18.4 Å². The molecule has 20 heavy (non-hydrogen) atoms. The molecule has 0 spiro atoms. The molecule has 2 aromatic rings. The molecule has 5 nitrogen and oxygen atoms in total. The van der Waals surface area contributed by atoms with Crippen molar-refractivity contribution in [3.63, 3.8) is 0 Å². The zero-order valence-corrected chi connectivity index (χ0v) is 11.6. The molecule has 0 aromatic heterocycles. The molecule has 0 amide bonds. The Hall–Kier alpha value is -2.34. The van der Waals surface area contributed by atoms with Gasteiger partial charge in [-0.2, -0.15) is 0 Å². The third kappa shape index (κ3) is 2.97. The second kappa shape index (κ2) is 5.75. The van der Waals surface area contributed by atoms with E-state index in [4.69, 9.17) is 20.3 Å². The maximum absolute atomic E-state index is 10.9. The molecular formula is C14H13NO4S. The summed E-state index contributed by atoms with van der Waals surface area (Å²) >= 11 is 4.21. The highest BCUT2D eigenvalue weighted by molar-refractivity contribution is 7.80. The summed E-state index contributed by atoms with van der Waals surface area (Å²) in [7, 11) is 1.57. The van der Waals surface area contributed by atoms with Gasteiger partial charge in [-0.15, -0.1) is 12.6 Å². The summed E-state index contributed by atoms with van der Waals surface area (Å²) in [6, 6.07) is 9.65. The fourth-order valence-corrected chi connectivity index (χ4v) is 1.95. The number of benzene rings is 2. The number of carboxylic acid groups (broad SMARTS) is 1. The summed E-state index contributed by atoms with van der Waals surface area (Å²) in [6.45, 7) is 0. The molecule has 2 aromatic carbocycles. The predicted octanol–water partition coefficient (Wildman–Crippen LogP) is 3.06. The highest BCUT2D eigenvalue weighted by Gasteiger charge is 2.12. The van der Waals surface area contributed by atoms with Crippen molar-refractivity contribution >= 4 is 24.3 Å². The highest BCUT2D eigenvalue weighted by atomic mass is 32.1. The third-order valence-corrected chi connectivity index (χ3v) is 2.96. The second-order valence-corrected chi connectivity index (χ2v) is 4.48. The van der Waals surface area contributed by atoms with Crippen LogP contribution < -0.4 is 15.2 Å². The first-order chi connectivity index (χ1) is 9.51. The number of nitrogens with two attached hydrogens (primary N) is 1. The summed E-state index contributed by atoms with van der Waals surface area (Å²) in [5, 5.41) is 8.93. The zero-order chi connectivity index (χ0) is 14.7. The van der Waals surface area contributed by atoms with Crippen molar-refractivity contribution in [2.75, 3.05) is 12.8 Å². The number of carbonyl (C=O) groups is 1. The van der Waals surface area contributed by atoms with Gasteiger partial charge in [-0.05, 0) is 36.4 Å². The van der Waals surface area contributed by atoms with Crippen molar-refractivity contribution in [1.82, 2.24) is 0 Å². The Kier molecular flexibility index (Phi) is 4.05. The van der Waals surface area contributed by atoms with Crippen LogP contribution in [0.5, 0.6) is 17.2 Å². The van der Waals surface area contributed by atoms with Crippen LogP contribution in [0.1, 0.15) is 10.4 Å². The van der Waals surface area contributed by atoms with E-state index in [9.17, 15) is 4.79 Å². The number of anilines is 1. The van der Waals surface area contributed by atoms with E-state index in [1.54, 1.807) is 31.4 Å².